The van der Waals surface area contributed by atoms with Crippen molar-refractivity contribution in [1.29, 1.82) is 0 Å². The van der Waals surface area contributed by atoms with E-state index in [0.29, 0.717) is 0 Å². The first-order chi connectivity index (χ1) is 9.07. The van der Waals surface area contributed by atoms with Crippen LogP contribution in [0.2, 0.25) is 19.6 Å². The molecule has 0 saturated carbocycles. The van der Waals surface area contributed by atoms with Gasteiger partial charge in [0.1, 0.15) is 0 Å². The number of benzene rings is 2. The van der Waals surface area contributed by atoms with E-state index in [9.17, 15) is 0 Å². The highest BCUT2D eigenvalue weighted by atomic mass is 28.3. The van der Waals surface area contributed by atoms with Gasteiger partial charge in [-0.1, -0.05) is 79.4 Å². The smallest absolute Gasteiger partial charge is 0.0784 e. The first-order valence-corrected chi connectivity index (χ1v) is 10.5. The predicted molar refractivity (Wildman–Crippen MR) is 87.6 cm³/mol. The van der Waals surface area contributed by atoms with Gasteiger partial charge in [0.25, 0.3) is 0 Å². The number of allylic oxidation sites excluding steroid dienone is 1. The third-order valence-electron chi connectivity index (χ3n) is 3.84. The van der Waals surface area contributed by atoms with Crippen LogP contribution in [0.15, 0.2) is 48.5 Å². The Morgan fingerprint density at radius 2 is 1.58 bits per heavy atom. The van der Waals surface area contributed by atoms with Gasteiger partial charge in [-0.3, -0.25) is 0 Å². The molecule has 96 valence electrons. The molecule has 0 fully saturated rings. The molecule has 0 aliphatic heterocycles. The van der Waals surface area contributed by atoms with E-state index in [1.165, 1.54) is 22.3 Å². The van der Waals surface area contributed by atoms with Crippen LogP contribution < -0.4 is 5.19 Å². The Balaban J connectivity index is 2.24. The molecular formula is C18H20Si. The normalized spacial score (nSPS) is 13.6. The average molecular weight is 264 g/mol. The van der Waals surface area contributed by atoms with Crippen LogP contribution in [0.3, 0.4) is 0 Å². The van der Waals surface area contributed by atoms with Crippen LogP contribution in [-0.2, 0) is 6.42 Å². The second-order valence-corrected chi connectivity index (χ2v) is 11.3. The molecule has 1 aliphatic rings. The highest BCUT2D eigenvalue weighted by molar-refractivity contribution is 6.89. The van der Waals surface area contributed by atoms with Crippen LogP contribution in [0.5, 0.6) is 0 Å². The van der Waals surface area contributed by atoms with Crippen molar-refractivity contribution in [2.75, 3.05) is 0 Å². The van der Waals surface area contributed by atoms with Crippen LogP contribution in [0.4, 0.5) is 0 Å². The lowest BCUT2D eigenvalue weighted by atomic mass is 9.97. The summed E-state index contributed by atoms with van der Waals surface area (Å²) in [6, 6.07) is 15.7. The van der Waals surface area contributed by atoms with Crippen molar-refractivity contribution in [2.45, 2.75) is 26.1 Å². The molecule has 0 N–H and O–H groups in total. The van der Waals surface area contributed by atoms with E-state index in [0.717, 1.165) is 6.42 Å². The topological polar surface area (TPSA) is 0 Å². The highest BCUT2D eigenvalue weighted by Crippen LogP contribution is 2.31. The van der Waals surface area contributed by atoms with E-state index in [-0.39, 0.29) is 0 Å². The van der Waals surface area contributed by atoms with Gasteiger partial charge in [0.05, 0.1) is 8.07 Å². The van der Waals surface area contributed by atoms with Crippen molar-refractivity contribution >= 4 is 19.3 Å². The van der Waals surface area contributed by atoms with Crippen LogP contribution >= 0.6 is 0 Å². The van der Waals surface area contributed by atoms with Crippen LogP contribution in [-0.4, -0.2) is 8.07 Å². The lowest BCUT2D eigenvalue weighted by Crippen LogP contribution is -2.38. The zero-order chi connectivity index (χ0) is 13.5. The van der Waals surface area contributed by atoms with Crippen molar-refractivity contribution in [3.8, 4) is 11.1 Å². The molecule has 2 aromatic carbocycles. The molecule has 0 aromatic heterocycles. The van der Waals surface area contributed by atoms with Gasteiger partial charge in [-0.2, -0.15) is 0 Å². The van der Waals surface area contributed by atoms with Gasteiger partial charge < -0.3 is 0 Å². The molecule has 1 aliphatic carbocycles. The molecule has 0 nitrogen and oxygen atoms in total. The fourth-order valence-electron chi connectivity index (χ4n) is 2.90. The minimum atomic E-state index is -1.32. The Kier molecular flexibility index (Phi) is 2.94. The molecule has 1 heteroatoms. The van der Waals surface area contributed by atoms with Gasteiger partial charge >= 0.3 is 0 Å². The van der Waals surface area contributed by atoms with E-state index in [1.54, 1.807) is 5.19 Å². The molecule has 0 saturated heterocycles. The Hall–Kier alpha value is -1.60. The number of fused-ring (bicyclic) bond motifs is 1. The Morgan fingerprint density at radius 1 is 0.842 bits per heavy atom. The highest BCUT2D eigenvalue weighted by Gasteiger charge is 2.22. The molecule has 0 unspecified atom stereocenters. The maximum absolute atomic E-state index is 2.42. The summed E-state index contributed by atoms with van der Waals surface area (Å²) in [5, 5.41) is 1.56. The fourth-order valence-corrected chi connectivity index (χ4v) is 4.52. The van der Waals surface area contributed by atoms with E-state index in [2.05, 4.69) is 74.3 Å². The summed E-state index contributed by atoms with van der Waals surface area (Å²) in [5.74, 6) is 0. The molecule has 0 amide bonds. The zero-order valence-corrected chi connectivity index (χ0v) is 12.9. The summed E-state index contributed by atoms with van der Waals surface area (Å²) in [5.41, 5.74) is 5.73. The van der Waals surface area contributed by atoms with Crippen molar-refractivity contribution in [3.63, 3.8) is 0 Å². The van der Waals surface area contributed by atoms with Gasteiger partial charge in [0.2, 0.25) is 0 Å². The second-order valence-electron chi connectivity index (χ2n) is 6.28. The maximum Gasteiger partial charge on any atom is 0.0784 e. The van der Waals surface area contributed by atoms with Crippen molar-refractivity contribution in [2.24, 2.45) is 0 Å². The van der Waals surface area contributed by atoms with Crippen LogP contribution in [0.25, 0.3) is 17.2 Å². The van der Waals surface area contributed by atoms with Crippen LogP contribution in [0, 0.1) is 0 Å². The van der Waals surface area contributed by atoms with E-state index in [4.69, 9.17) is 0 Å². The third-order valence-corrected chi connectivity index (χ3v) is 5.90. The molecule has 0 radical (unpaired) electrons. The van der Waals surface area contributed by atoms with Crippen LogP contribution in [0.1, 0.15) is 11.1 Å². The summed E-state index contributed by atoms with van der Waals surface area (Å²) >= 11 is 0. The van der Waals surface area contributed by atoms with Gasteiger partial charge in [-0.05, 0) is 28.7 Å². The van der Waals surface area contributed by atoms with E-state index >= 15 is 0 Å². The monoisotopic (exact) mass is 264 g/mol. The summed E-state index contributed by atoms with van der Waals surface area (Å²) in [7, 11) is -1.32. The molecule has 0 spiro atoms. The Bertz CT molecular complexity index is 645. The predicted octanol–water partition coefficient (Wildman–Crippen LogP) is 4.47. The molecule has 0 heterocycles. The second kappa shape index (κ2) is 4.50. The summed E-state index contributed by atoms with van der Waals surface area (Å²) < 4.78 is 0. The van der Waals surface area contributed by atoms with Crippen molar-refractivity contribution in [1.82, 2.24) is 0 Å². The molecular weight excluding hydrogens is 244 g/mol. The van der Waals surface area contributed by atoms with Crippen molar-refractivity contribution in [3.05, 3.63) is 59.7 Å². The largest absolute Gasteiger partial charge is 0.0795 e. The summed E-state index contributed by atoms with van der Waals surface area (Å²) in [6.45, 7) is 7.26. The molecule has 2 aromatic rings. The SMILES string of the molecule is C[Si](C)(C)c1ccccc1-c1cccc2c1C=CC2. The zero-order valence-electron chi connectivity index (χ0n) is 11.9. The minimum Gasteiger partial charge on any atom is -0.0795 e. The number of hydrogen-bond acceptors (Lipinski definition) is 0. The lowest BCUT2D eigenvalue weighted by molar-refractivity contribution is 1.31. The number of rotatable bonds is 2. The Labute approximate surface area is 116 Å². The van der Waals surface area contributed by atoms with E-state index < -0.39 is 8.07 Å². The molecule has 0 atom stereocenters. The Morgan fingerprint density at radius 3 is 2.37 bits per heavy atom. The maximum atomic E-state index is 2.42. The third kappa shape index (κ3) is 2.19. The first-order valence-electron chi connectivity index (χ1n) is 6.96. The van der Waals surface area contributed by atoms with Gasteiger partial charge in [0.15, 0.2) is 0 Å². The fraction of sp³-hybridized carbons (Fsp3) is 0.222. The molecule has 3 rings (SSSR count). The van der Waals surface area contributed by atoms with Gasteiger partial charge in [-0.25, -0.2) is 0 Å². The standard InChI is InChI=1S/C18H20Si/c1-19(2,3)18-13-5-4-10-17(18)16-12-7-9-14-8-6-11-15(14)16/h4-7,9-13H,8H2,1-3H3. The average Bonchev–Trinajstić information content (AvgIpc) is 2.85. The lowest BCUT2D eigenvalue weighted by Gasteiger charge is -2.22. The first kappa shape index (κ1) is 12.4. The summed E-state index contributed by atoms with van der Waals surface area (Å²) in [4.78, 5) is 0. The molecule has 0 bridgehead atoms. The van der Waals surface area contributed by atoms with Crippen molar-refractivity contribution < 1.29 is 0 Å². The van der Waals surface area contributed by atoms with E-state index in [1.807, 2.05) is 0 Å². The quantitative estimate of drug-likeness (QED) is 0.702. The van der Waals surface area contributed by atoms with Gasteiger partial charge in [0, 0.05) is 0 Å². The minimum absolute atomic E-state index is 1.08. The number of hydrogen-bond donors (Lipinski definition) is 0. The molecule has 19 heavy (non-hydrogen) atoms. The summed E-state index contributed by atoms with van der Waals surface area (Å²) in [6.07, 6.45) is 5.63. The van der Waals surface area contributed by atoms with Gasteiger partial charge in [-0.15, -0.1) is 0 Å².